The molecule has 0 radical (unpaired) electrons. The first kappa shape index (κ1) is 14.3. The summed E-state index contributed by atoms with van der Waals surface area (Å²) in [5.41, 5.74) is 0. The van der Waals surface area contributed by atoms with Crippen molar-refractivity contribution in [3.63, 3.8) is 0 Å². The van der Waals surface area contributed by atoms with Crippen LogP contribution in [0.1, 0.15) is 32.1 Å². The summed E-state index contributed by atoms with van der Waals surface area (Å²) in [6, 6.07) is 4.51. The molecule has 0 atom stereocenters. The van der Waals surface area contributed by atoms with Gasteiger partial charge in [0.2, 0.25) is 0 Å². The van der Waals surface area contributed by atoms with Gasteiger partial charge in [0, 0.05) is 16.6 Å². The molecular formula is C14H17BrFNO2. The Labute approximate surface area is 120 Å². The van der Waals surface area contributed by atoms with Crippen molar-refractivity contribution in [1.82, 2.24) is 5.32 Å². The van der Waals surface area contributed by atoms with Gasteiger partial charge < -0.3 is 10.1 Å². The van der Waals surface area contributed by atoms with Gasteiger partial charge in [-0.1, -0.05) is 35.2 Å². The molecule has 19 heavy (non-hydrogen) atoms. The number of benzene rings is 1. The molecule has 104 valence electrons. The van der Waals surface area contributed by atoms with Crippen LogP contribution in [0.25, 0.3) is 0 Å². The number of halogens is 2. The zero-order valence-corrected chi connectivity index (χ0v) is 12.2. The fourth-order valence-corrected chi connectivity index (χ4v) is 2.72. The summed E-state index contributed by atoms with van der Waals surface area (Å²) < 4.78 is 19.0. The highest BCUT2D eigenvalue weighted by molar-refractivity contribution is 9.10. The molecule has 0 spiro atoms. The minimum atomic E-state index is -0.392. The van der Waals surface area contributed by atoms with Crippen molar-refractivity contribution < 1.29 is 13.9 Å². The van der Waals surface area contributed by atoms with Gasteiger partial charge in [0.25, 0.3) is 5.91 Å². The van der Waals surface area contributed by atoms with Crippen LogP contribution < -0.4 is 10.1 Å². The van der Waals surface area contributed by atoms with E-state index < -0.39 is 5.82 Å². The van der Waals surface area contributed by atoms with Crippen molar-refractivity contribution in [3.05, 3.63) is 28.5 Å². The summed E-state index contributed by atoms with van der Waals surface area (Å²) in [6.07, 6.45) is 5.67. The summed E-state index contributed by atoms with van der Waals surface area (Å²) in [4.78, 5) is 11.7. The van der Waals surface area contributed by atoms with Crippen molar-refractivity contribution >= 4 is 21.8 Å². The van der Waals surface area contributed by atoms with Crippen molar-refractivity contribution in [3.8, 4) is 5.75 Å². The average molecular weight is 330 g/mol. The van der Waals surface area contributed by atoms with E-state index in [1.165, 1.54) is 31.4 Å². The smallest absolute Gasteiger partial charge is 0.258 e. The molecule has 1 aromatic carbocycles. The van der Waals surface area contributed by atoms with E-state index in [4.69, 9.17) is 4.74 Å². The number of carbonyl (C=O) groups is 1. The van der Waals surface area contributed by atoms with Crippen LogP contribution in [0.15, 0.2) is 22.7 Å². The van der Waals surface area contributed by atoms with Crippen LogP contribution in [0.2, 0.25) is 0 Å². The predicted molar refractivity (Wildman–Crippen MR) is 74.6 cm³/mol. The van der Waals surface area contributed by atoms with E-state index in [0.29, 0.717) is 10.2 Å². The van der Waals surface area contributed by atoms with E-state index >= 15 is 0 Å². The molecule has 5 heteroatoms. The molecule has 1 aromatic rings. The van der Waals surface area contributed by atoms with Gasteiger partial charge in [0.15, 0.2) is 6.61 Å². The summed E-state index contributed by atoms with van der Waals surface area (Å²) in [5.74, 6) is -0.185. The maximum Gasteiger partial charge on any atom is 0.258 e. The van der Waals surface area contributed by atoms with Gasteiger partial charge in [-0.3, -0.25) is 4.79 Å². The number of hydrogen-bond donors (Lipinski definition) is 1. The first-order valence-electron chi connectivity index (χ1n) is 6.52. The normalized spacial score (nSPS) is 16.1. The van der Waals surface area contributed by atoms with Crippen molar-refractivity contribution in [2.45, 2.75) is 38.1 Å². The van der Waals surface area contributed by atoms with Crippen molar-refractivity contribution in [2.24, 2.45) is 0 Å². The molecule has 1 saturated carbocycles. The van der Waals surface area contributed by atoms with Gasteiger partial charge in [-0.05, 0) is 25.0 Å². The molecule has 1 aliphatic rings. The van der Waals surface area contributed by atoms with Crippen LogP contribution in [0.4, 0.5) is 4.39 Å². The summed E-state index contributed by atoms with van der Waals surface area (Å²) in [5, 5.41) is 2.95. The number of nitrogens with one attached hydrogen (secondary N) is 1. The van der Waals surface area contributed by atoms with E-state index in [9.17, 15) is 9.18 Å². The Morgan fingerprint density at radius 3 is 2.74 bits per heavy atom. The van der Waals surface area contributed by atoms with Crippen molar-refractivity contribution in [2.75, 3.05) is 6.61 Å². The maximum absolute atomic E-state index is 13.1. The second kappa shape index (κ2) is 6.89. The Hall–Kier alpha value is -1.10. The molecule has 0 bridgehead atoms. The van der Waals surface area contributed by atoms with Gasteiger partial charge in [0.05, 0.1) is 0 Å². The number of hydrogen-bond acceptors (Lipinski definition) is 2. The monoisotopic (exact) mass is 329 g/mol. The third kappa shape index (κ3) is 4.82. The molecule has 0 saturated heterocycles. The summed E-state index contributed by atoms with van der Waals surface area (Å²) in [7, 11) is 0. The molecule has 0 unspecified atom stereocenters. The van der Waals surface area contributed by atoms with Crippen molar-refractivity contribution in [1.29, 1.82) is 0 Å². The molecule has 1 amide bonds. The molecule has 1 N–H and O–H groups in total. The molecule has 0 aliphatic heterocycles. The highest BCUT2D eigenvalue weighted by atomic mass is 79.9. The maximum atomic E-state index is 13.1. The number of carbonyl (C=O) groups excluding carboxylic acids is 1. The Morgan fingerprint density at radius 1 is 1.32 bits per heavy atom. The van der Waals surface area contributed by atoms with Crippen LogP contribution >= 0.6 is 15.9 Å². The first-order valence-corrected chi connectivity index (χ1v) is 7.31. The minimum Gasteiger partial charge on any atom is -0.484 e. The highest BCUT2D eigenvalue weighted by Gasteiger charge is 2.15. The lowest BCUT2D eigenvalue weighted by molar-refractivity contribution is -0.124. The highest BCUT2D eigenvalue weighted by Crippen LogP contribution is 2.20. The predicted octanol–water partition coefficient (Wildman–Crippen LogP) is 3.42. The molecule has 3 nitrogen and oxygen atoms in total. The van der Waals surface area contributed by atoms with Gasteiger partial charge in [0.1, 0.15) is 11.6 Å². The van der Waals surface area contributed by atoms with Gasteiger partial charge in [-0.15, -0.1) is 0 Å². The molecule has 0 heterocycles. The first-order chi connectivity index (χ1) is 9.13. The standard InChI is InChI=1S/C14H17BrFNO2/c15-10-6-11(16)8-13(7-10)19-9-14(18)17-12-4-2-1-3-5-12/h6-8,12H,1-5,9H2,(H,17,18). The third-order valence-corrected chi connectivity index (χ3v) is 3.63. The Balaban J connectivity index is 1.79. The lowest BCUT2D eigenvalue weighted by Gasteiger charge is -2.22. The van der Waals surface area contributed by atoms with Gasteiger partial charge >= 0.3 is 0 Å². The fraction of sp³-hybridized carbons (Fsp3) is 0.500. The Kier molecular flexibility index (Phi) is 5.19. The van der Waals surface area contributed by atoms with Crippen LogP contribution in [-0.2, 0) is 4.79 Å². The zero-order valence-electron chi connectivity index (χ0n) is 10.6. The van der Waals surface area contributed by atoms with Crippen LogP contribution in [-0.4, -0.2) is 18.6 Å². The Morgan fingerprint density at radius 2 is 2.05 bits per heavy atom. The van der Waals surface area contributed by atoms with Gasteiger partial charge in [-0.2, -0.15) is 0 Å². The SMILES string of the molecule is O=C(COc1cc(F)cc(Br)c1)NC1CCCCC1. The van der Waals surface area contributed by atoms with E-state index in [-0.39, 0.29) is 18.6 Å². The molecule has 1 fully saturated rings. The summed E-state index contributed by atoms with van der Waals surface area (Å²) in [6.45, 7) is -0.0770. The van der Waals surface area contributed by atoms with Crippen LogP contribution in [0, 0.1) is 5.82 Å². The third-order valence-electron chi connectivity index (χ3n) is 3.18. The number of amides is 1. The van der Waals surface area contributed by atoms with Crippen LogP contribution in [0.5, 0.6) is 5.75 Å². The van der Waals surface area contributed by atoms with E-state index in [1.807, 2.05) is 0 Å². The van der Waals surface area contributed by atoms with E-state index in [1.54, 1.807) is 6.07 Å². The van der Waals surface area contributed by atoms with E-state index in [2.05, 4.69) is 21.2 Å². The molecule has 1 aliphatic carbocycles. The molecule has 0 aromatic heterocycles. The van der Waals surface area contributed by atoms with Gasteiger partial charge in [-0.25, -0.2) is 4.39 Å². The second-order valence-electron chi connectivity index (χ2n) is 4.80. The van der Waals surface area contributed by atoms with E-state index in [0.717, 1.165) is 12.8 Å². The topological polar surface area (TPSA) is 38.3 Å². The van der Waals surface area contributed by atoms with Crippen LogP contribution in [0.3, 0.4) is 0 Å². The minimum absolute atomic E-state index is 0.0770. The Bertz CT molecular complexity index is 427. The fourth-order valence-electron chi connectivity index (χ4n) is 2.28. The number of rotatable bonds is 4. The lowest BCUT2D eigenvalue weighted by Crippen LogP contribution is -2.38. The second-order valence-corrected chi connectivity index (χ2v) is 5.71. The lowest BCUT2D eigenvalue weighted by atomic mass is 9.95. The molecular weight excluding hydrogens is 313 g/mol. The quantitative estimate of drug-likeness (QED) is 0.919. The zero-order chi connectivity index (χ0) is 13.7. The average Bonchev–Trinajstić information content (AvgIpc) is 2.36. The largest absolute Gasteiger partial charge is 0.484 e. The summed E-state index contributed by atoms with van der Waals surface area (Å²) >= 11 is 3.18. The number of ether oxygens (including phenoxy) is 1. The molecule has 2 rings (SSSR count).